The molecule has 5 heterocycles. The Bertz CT molecular complexity index is 1090. The van der Waals surface area contributed by atoms with Crippen molar-refractivity contribution in [3.05, 3.63) is 61.9 Å². The summed E-state index contributed by atoms with van der Waals surface area (Å²) in [5.41, 5.74) is 2.39. The topological polar surface area (TPSA) is 71.0 Å². The molecule has 2 atom stereocenters. The summed E-state index contributed by atoms with van der Waals surface area (Å²) in [6.07, 6.45) is 1.03. The zero-order valence-electron chi connectivity index (χ0n) is 14.4. The number of H-pyrrole nitrogens is 1. The number of pyridine rings is 1. The van der Waals surface area contributed by atoms with Crippen molar-refractivity contribution >= 4 is 33.2 Å². The van der Waals surface area contributed by atoms with Gasteiger partial charge in [-0.15, -0.1) is 11.3 Å². The summed E-state index contributed by atoms with van der Waals surface area (Å²) < 4.78 is 2.92. The van der Waals surface area contributed by atoms with Gasteiger partial charge in [0.2, 0.25) is 0 Å². The molecule has 3 aromatic heterocycles. The number of fused-ring (bicyclic) bond motifs is 4. The van der Waals surface area contributed by atoms with Crippen molar-refractivity contribution in [1.82, 2.24) is 19.7 Å². The molecule has 0 aliphatic carbocycles. The monoisotopic (exact) mass is 444 g/mol. The van der Waals surface area contributed by atoms with Crippen molar-refractivity contribution in [2.75, 3.05) is 13.1 Å². The van der Waals surface area contributed by atoms with E-state index in [-0.39, 0.29) is 17.4 Å². The largest absolute Gasteiger partial charge is 0.336 e. The molecular formula is C19H17BrN4O2S. The summed E-state index contributed by atoms with van der Waals surface area (Å²) in [4.78, 5) is 28.1. The highest BCUT2D eigenvalue weighted by Crippen LogP contribution is 2.36. The van der Waals surface area contributed by atoms with Crippen LogP contribution in [0.5, 0.6) is 0 Å². The van der Waals surface area contributed by atoms with Crippen molar-refractivity contribution in [3.63, 3.8) is 0 Å². The Morgan fingerprint density at radius 3 is 2.93 bits per heavy atom. The highest BCUT2D eigenvalue weighted by Gasteiger charge is 2.37. The molecule has 0 spiro atoms. The Labute approximate surface area is 168 Å². The van der Waals surface area contributed by atoms with Gasteiger partial charge in [0, 0.05) is 37.3 Å². The van der Waals surface area contributed by atoms with E-state index in [0.717, 1.165) is 26.5 Å². The van der Waals surface area contributed by atoms with Gasteiger partial charge in [0.25, 0.3) is 11.5 Å². The third kappa shape index (κ3) is 2.96. The number of nitrogens with one attached hydrogen (secondary N) is 1. The minimum atomic E-state index is -0.0467. The third-order valence-corrected chi connectivity index (χ3v) is 7.06. The van der Waals surface area contributed by atoms with Gasteiger partial charge in [-0.25, -0.2) is 0 Å². The second-order valence-electron chi connectivity index (χ2n) is 7.18. The molecule has 2 aliphatic rings. The predicted molar refractivity (Wildman–Crippen MR) is 107 cm³/mol. The lowest BCUT2D eigenvalue weighted by atomic mass is 9.83. The van der Waals surface area contributed by atoms with Gasteiger partial charge in [-0.3, -0.25) is 14.7 Å². The van der Waals surface area contributed by atoms with E-state index in [1.165, 1.54) is 0 Å². The van der Waals surface area contributed by atoms with Crippen molar-refractivity contribution in [2.24, 2.45) is 5.92 Å². The first-order valence-electron chi connectivity index (χ1n) is 8.88. The van der Waals surface area contributed by atoms with Crippen LogP contribution in [0.2, 0.25) is 0 Å². The van der Waals surface area contributed by atoms with E-state index in [2.05, 4.69) is 26.1 Å². The van der Waals surface area contributed by atoms with Crippen molar-refractivity contribution in [3.8, 4) is 10.6 Å². The first-order chi connectivity index (χ1) is 13.1. The van der Waals surface area contributed by atoms with Gasteiger partial charge in [-0.2, -0.15) is 5.10 Å². The van der Waals surface area contributed by atoms with E-state index < -0.39 is 0 Å². The fourth-order valence-electron chi connectivity index (χ4n) is 4.24. The fourth-order valence-corrected chi connectivity index (χ4v) is 5.59. The van der Waals surface area contributed by atoms with Gasteiger partial charge in [0.15, 0.2) is 5.69 Å². The maximum Gasteiger partial charge on any atom is 0.274 e. The zero-order valence-corrected chi connectivity index (χ0v) is 16.8. The predicted octanol–water partition coefficient (Wildman–Crippen LogP) is 3.32. The Kier molecular flexibility index (Phi) is 4.05. The van der Waals surface area contributed by atoms with Crippen LogP contribution >= 0.6 is 27.3 Å². The van der Waals surface area contributed by atoms with Crippen LogP contribution < -0.4 is 5.56 Å². The molecule has 1 saturated heterocycles. The summed E-state index contributed by atoms with van der Waals surface area (Å²) in [6, 6.07) is 11.2. The Hall–Kier alpha value is -2.19. The summed E-state index contributed by atoms with van der Waals surface area (Å²) in [7, 11) is 0. The molecule has 0 unspecified atom stereocenters. The van der Waals surface area contributed by atoms with Gasteiger partial charge in [-0.1, -0.05) is 6.07 Å². The number of aromatic amines is 1. The van der Waals surface area contributed by atoms with E-state index in [4.69, 9.17) is 0 Å². The van der Waals surface area contributed by atoms with E-state index in [9.17, 15) is 9.59 Å². The van der Waals surface area contributed by atoms with E-state index in [1.54, 1.807) is 17.4 Å². The number of nitrogens with zero attached hydrogens (tertiary/aromatic N) is 3. The van der Waals surface area contributed by atoms with Gasteiger partial charge in [-0.05, 0) is 52.5 Å². The average Bonchev–Trinajstić information content (AvgIpc) is 3.31. The van der Waals surface area contributed by atoms with Crippen molar-refractivity contribution in [2.45, 2.75) is 18.9 Å². The van der Waals surface area contributed by atoms with Crippen molar-refractivity contribution < 1.29 is 4.79 Å². The van der Waals surface area contributed by atoms with Crippen LogP contribution in [0.25, 0.3) is 10.6 Å². The SMILES string of the molecule is O=C(c1cc(-c2ccc(Br)s2)[nH]n1)N1C[C@@H]2C[C@H](C1)c1cccc(=O)n1C2. The molecule has 5 rings (SSSR count). The first kappa shape index (κ1) is 16.9. The molecule has 0 saturated carbocycles. The van der Waals surface area contributed by atoms with Crippen LogP contribution in [-0.2, 0) is 6.54 Å². The van der Waals surface area contributed by atoms with Gasteiger partial charge >= 0.3 is 0 Å². The molecule has 27 heavy (non-hydrogen) atoms. The molecule has 8 heteroatoms. The molecular weight excluding hydrogens is 428 g/mol. The third-order valence-electron chi connectivity index (χ3n) is 5.40. The van der Waals surface area contributed by atoms with Crippen LogP contribution in [-0.4, -0.2) is 38.7 Å². The highest BCUT2D eigenvalue weighted by molar-refractivity contribution is 9.11. The van der Waals surface area contributed by atoms with Gasteiger partial charge in [0.1, 0.15) is 0 Å². The summed E-state index contributed by atoms with van der Waals surface area (Å²) >= 11 is 5.06. The zero-order chi connectivity index (χ0) is 18.5. The van der Waals surface area contributed by atoms with Crippen LogP contribution in [0, 0.1) is 5.92 Å². The lowest BCUT2D eigenvalue weighted by Crippen LogP contribution is -2.49. The van der Waals surface area contributed by atoms with Gasteiger partial charge in [0.05, 0.1) is 14.4 Å². The quantitative estimate of drug-likeness (QED) is 0.658. The van der Waals surface area contributed by atoms with E-state index in [1.807, 2.05) is 39.8 Å². The molecule has 2 bridgehead atoms. The van der Waals surface area contributed by atoms with Gasteiger partial charge < -0.3 is 9.47 Å². The standard InChI is InChI=1S/C19H17BrN4O2S/c20-17-5-4-16(27-17)13-7-14(22-21-13)19(26)23-8-11-6-12(10-23)15-2-1-3-18(25)24(15)9-11/h1-5,7,11-12H,6,8-10H2,(H,21,22)/t11-,12+/m0/s1. The Morgan fingerprint density at radius 2 is 2.11 bits per heavy atom. The molecule has 0 radical (unpaired) electrons. The number of thiophene rings is 1. The van der Waals surface area contributed by atoms with E-state index >= 15 is 0 Å². The maximum absolute atomic E-state index is 13.0. The number of rotatable bonds is 2. The van der Waals surface area contributed by atoms with Crippen LogP contribution in [0.1, 0.15) is 28.5 Å². The smallest absolute Gasteiger partial charge is 0.274 e. The summed E-state index contributed by atoms with van der Waals surface area (Å²) in [6.45, 7) is 1.98. The van der Waals surface area contributed by atoms with Crippen molar-refractivity contribution in [1.29, 1.82) is 0 Å². The van der Waals surface area contributed by atoms with Crippen LogP contribution in [0.4, 0.5) is 0 Å². The summed E-state index contributed by atoms with van der Waals surface area (Å²) in [5, 5.41) is 7.22. The molecule has 1 amide bonds. The summed E-state index contributed by atoms with van der Waals surface area (Å²) in [5.74, 6) is 0.475. The average molecular weight is 445 g/mol. The number of amides is 1. The molecule has 3 aromatic rings. The maximum atomic E-state index is 13.0. The number of carbonyl (C=O) groups excluding carboxylic acids is 1. The lowest BCUT2D eigenvalue weighted by molar-refractivity contribution is 0.0588. The molecule has 1 N–H and O–H groups in total. The number of hydrogen-bond donors (Lipinski definition) is 1. The second kappa shape index (κ2) is 6.45. The van der Waals surface area contributed by atoms with E-state index in [0.29, 0.717) is 31.2 Å². The Morgan fingerprint density at radius 1 is 1.22 bits per heavy atom. The minimum absolute atomic E-state index is 0.0467. The molecule has 1 fully saturated rings. The molecule has 138 valence electrons. The molecule has 6 nitrogen and oxygen atoms in total. The number of piperidine rings is 1. The second-order valence-corrected chi connectivity index (χ2v) is 9.64. The Balaban J connectivity index is 1.40. The number of halogens is 1. The number of hydrogen-bond acceptors (Lipinski definition) is 4. The number of likely N-dealkylation sites (tertiary alicyclic amines) is 1. The number of carbonyl (C=O) groups is 1. The highest BCUT2D eigenvalue weighted by atomic mass is 79.9. The lowest BCUT2D eigenvalue weighted by Gasteiger charge is -2.42. The normalized spacial score (nSPS) is 21.1. The molecule has 2 aliphatic heterocycles. The fraction of sp³-hybridized carbons (Fsp3) is 0.316. The van der Waals surface area contributed by atoms with Crippen LogP contribution in [0.3, 0.4) is 0 Å². The first-order valence-corrected chi connectivity index (χ1v) is 10.5. The molecule has 0 aromatic carbocycles. The van der Waals surface area contributed by atoms with Crippen LogP contribution in [0.15, 0.2) is 45.0 Å². The minimum Gasteiger partial charge on any atom is -0.336 e. The number of aromatic nitrogens is 3.